The molecule has 0 spiro atoms. The van der Waals surface area contributed by atoms with Crippen LogP contribution in [0.3, 0.4) is 0 Å². The fourth-order valence-corrected chi connectivity index (χ4v) is 1.86. The topological polar surface area (TPSA) is 43.8 Å². The molecule has 0 aliphatic carbocycles. The van der Waals surface area contributed by atoms with Crippen molar-refractivity contribution in [2.24, 2.45) is 12.8 Å². The van der Waals surface area contributed by atoms with E-state index in [9.17, 15) is 0 Å². The molecule has 2 N–H and O–H groups in total. The summed E-state index contributed by atoms with van der Waals surface area (Å²) >= 11 is 0. The summed E-state index contributed by atoms with van der Waals surface area (Å²) in [7, 11) is 2.04. The van der Waals surface area contributed by atoms with E-state index < -0.39 is 0 Å². The third-order valence-electron chi connectivity index (χ3n) is 2.73. The SMILES string of the molecule is Cc1nc2cc(CC(C)N)ccc2n1C. The normalized spacial score (nSPS) is 13.3. The largest absolute Gasteiger partial charge is 0.331 e. The fraction of sp³-hybridized carbons (Fsp3) is 0.417. The number of fused-ring (bicyclic) bond motifs is 1. The Balaban J connectivity index is 2.47. The van der Waals surface area contributed by atoms with Gasteiger partial charge in [-0.25, -0.2) is 4.98 Å². The van der Waals surface area contributed by atoms with Gasteiger partial charge in [-0.1, -0.05) is 6.07 Å². The number of imidazole rings is 1. The van der Waals surface area contributed by atoms with E-state index in [1.54, 1.807) is 0 Å². The zero-order valence-corrected chi connectivity index (χ0v) is 9.49. The van der Waals surface area contributed by atoms with Crippen LogP contribution in [0, 0.1) is 6.92 Å². The number of nitrogens with two attached hydrogens (primary N) is 1. The van der Waals surface area contributed by atoms with Crippen molar-refractivity contribution in [2.75, 3.05) is 0 Å². The third-order valence-corrected chi connectivity index (χ3v) is 2.73. The highest BCUT2D eigenvalue weighted by Gasteiger charge is 2.05. The van der Waals surface area contributed by atoms with Crippen LogP contribution in [0.2, 0.25) is 0 Å². The van der Waals surface area contributed by atoms with Crippen LogP contribution in [-0.2, 0) is 13.5 Å². The van der Waals surface area contributed by atoms with E-state index in [0.29, 0.717) is 0 Å². The van der Waals surface area contributed by atoms with E-state index in [0.717, 1.165) is 17.8 Å². The van der Waals surface area contributed by atoms with Crippen LogP contribution in [0.4, 0.5) is 0 Å². The molecular formula is C12H17N3. The average molecular weight is 203 g/mol. The zero-order chi connectivity index (χ0) is 11.0. The van der Waals surface area contributed by atoms with Crippen molar-refractivity contribution < 1.29 is 0 Å². The lowest BCUT2D eigenvalue weighted by molar-refractivity contribution is 0.738. The summed E-state index contributed by atoms with van der Waals surface area (Å²) in [4.78, 5) is 4.50. The lowest BCUT2D eigenvalue weighted by Crippen LogP contribution is -2.17. The quantitative estimate of drug-likeness (QED) is 0.808. The molecule has 1 atom stereocenters. The van der Waals surface area contributed by atoms with Crippen LogP contribution in [0.25, 0.3) is 11.0 Å². The minimum absolute atomic E-state index is 0.201. The first-order valence-electron chi connectivity index (χ1n) is 5.25. The Kier molecular flexibility index (Phi) is 2.49. The Labute approximate surface area is 89.9 Å². The van der Waals surface area contributed by atoms with Crippen LogP contribution >= 0.6 is 0 Å². The fourth-order valence-electron chi connectivity index (χ4n) is 1.86. The number of aryl methyl sites for hydroxylation is 2. The Bertz CT molecular complexity index is 483. The molecule has 0 saturated heterocycles. The third kappa shape index (κ3) is 1.88. The molecule has 0 bridgehead atoms. The highest BCUT2D eigenvalue weighted by atomic mass is 15.0. The smallest absolute Gasteiger partial charge is 0.106 e. The van der Waals surface area contributed by atoms with Gasteiger partial charge in [0.25, 0.3) is 0 Å². The van der Waals surface area contributed by atoms with Gasteiger partial charge in [-0.2, -0.15) is 0 Å². The molecule has 0 amide bonds. The van der Waals surface area contributed by atoms with Crippen LogP contribution in [0.15, 0.2) is 18.2 Å². The van der Waals surface area contributed by atoms with Crippen molar-refractivity contribution in [1.29, 1.82) is 0 Å². The molecule has 2 rings (SSSR count). The molecule has 3 heteroatoms. The molecule has 2 aromatic rings. The van der Waals surface area contributed by atoms with E-state index >= 15 is 0 Å². The lowest BCUT2D eigenvalue weighted by atomic mass is 10.1. The number of nitrogens with zero attached hydrogens (tertiary/aromatic N) is 2. The molecule has 15 heavy (non-hydrogen) atoms. The Morgan fingerprint density at radius 1 is 1.47 bits per heavy atom. The van der Waals surface area contributed by atoms with Gasteiger partial charge in [0.05, 0.1) is 11.0 Å². The molecular weight excluding hydrogens is 186 g/mol. The van der Waals surface area contributed by atoms with Gasteiger partial charge < -0.3 is 10.3 Å². The van der Waals surface area contributed by atoms with Gasteiger partial charge >= 0.3 is 0 Å². The molecule has 0 radical (unpaired) electrons. The number of aromatic nitrogens is 2. The molecule has 0 aliphatic heterocycles. The molecule has 0 saturated carbocycles. The highest BCUT2D eigenvalue weighted by molar-refractivity contribution is 5.76. The van der Waals surface area contributed by atoms with Crippen molar-refractivity contribution in [3.05, 3.63) is 29.6 Å². The molecule has 1 aromatic carbocycles. The van der Waals surface area contributed by atoms with Crippen molar-refractivity contribution in [3.8, 4) is 0 Å². The van der Waals surface area contributed by atoms with Gasteiger partial charge in [0.1, 0.15) is 5.82 Å². The second-order valence-corrected chi connectivity index (χ2v) is 4.22. The number of hydrogen-bond acceptors (Lipinski definition) is 2. The summed E-state index contributed by atoms with van der Waals surface area (Å²) in [6.07, 6.45) is 0.908. The van der Waals surface area contributed by atoms with Crippen LogP contribution in [0.5, 0.6) is 0 Å². The molecule has 1 unspecified atom stereocenters. The first kappa shape index (κ1) is 10.2. The maximum Gasteiger partial charge on any atom is 0.106 e. The predicted molar refractivity (Wildman–Crippen MR) is 62.8 cm³/mol. The molecule has 80 valence electrons. The maximum absolute atomic E-state index is 5.78. The Morgan fingerprint density at radius 2 is 2.20 bits per heavy atom. The predicted octanol–water partition coefficient (Wildman–Crippen LogP) is 1.77. The van der Waals surface area contributed by atoms with Crippen LogP contribution in [-0.4, -0.2) is 15.6 Å². The molecule has 1 aromatic heterocycles. The molecule has 0 aliphatic rings. The van der Waals surface area contributed by atoms with Crippen LogP contribution in [0.1, 0.15) is 18.3 Å². The lowest BCUT2D eigenvalue weighted by Gasteiger charge is -2.04. The summed E-state index contributed by atoms with van der Waals surface area (Å²) in [5, 5.41) is 0. The van der Waals surface area contributed by atoms with Gasteiger partial charge in [-0.05, 0) is 38.0 Å². The van der Waals surface area contributed by atoms with Gasteiger partial charge in [-0.3, -0.25) is 0 Å². The zero-order valence-electron chi connectivity index (χ0n) is 9.49. The molecule has 3 nitrogen and oxygen atoms in total. The minimum Gasteiger partial charge on any atom is -0.331 e. The number of benzene rings is 1. The van der Waals surface area contributed by atoms with Crippen LogP contribution < -0.4 is 5.73 Å². The van der Waals surface area contributed by atoms with E-state index in [4.69, 9.17) is 5.73 Å². The van der Waals surface area contributed by atoms with E-state index in [1.807, 2.05) is 20.9 Å². The van der Waals surface area contributed by atoms with Gasteiger partial charge in [0.15, 0.2) is 0 Å². The van der Waals surface area contributed by atoms with Gasteiger partial charge in [0, 0.05) is 13.1 Å². The van der Waals surface area contributed by atoms with Crippen molar-refractivity contribution in [1.82, 2.24) is 9.55 Å². The van der Waals surface area contributed by atoms with Crippen molar-refractivity contribution in [3.63, 3.8) is 0 Å². The average Bonchev–Trinajstić information content (AvgIpc) is 2.41. The Morgan fingerprint density at radius 3 is 2.87 bits per heavy atom. The standard InChI is InChI=1S/C12H17N3/c1-8(13)6-10-4-5-12-11(7-10)14-9(2)15(12)3/h4-5,7-8H,6,13H2,1-3H3. The summed E-state index contributed by atoms with van der Waals surface area (Å²) in [5.74, 6) is 1.04. The summed E-state index contributed by atoms with van der Waals surface area (Å²) in [6.45, 7) is 4.04. The highest BCUT2D eigenvalue weighted by Crippen LogP contribution is 2.16. The van der Waals surface area contributed by atoms with Crippen molar-refractivity contribution in [2.45, 2.75) is 26.3 Å². The van der Waals surface area contributed by atoms with Crippen molar-refractivity contribution >= 4 is 11.0 Å². The molecule has 1 heterocycles. The summed E-state index contributed by atoms with van der Waals surface area (Å²) in [6, 6.07) is 6.58. The van der Waals surface area contributed by atoms with Gasteiger partial charge in [0.2, 0.25) is 0 Å². The van der Waals surface area contributed by atoms with E-state index in [2.05, 4.69) is 27.8 Å². The second kappa shape index (κ2) is 3.66. The Hall–Kier alpha value is -1.35. The molecule has 0 fully saturated rings. The monoisotopic (exact) mass is 203 g/mol. The first-order chi connectivity index (χ1) is 7.08. The summed E-state index contributed by atoms with van der Waals surface area (Å²) < 4.78 is 2.10. The maximum atomic E-state index is 5.78. The number of hydrogen-bond donors (Lipinski definition) is 1. The first-order valence-corrected chi connectivity index (χ1v) is 5.25. The second-order valence-electron chi connectivity index (χ2n) is 4.22. The van der Waals surface area contributed by atoms with E-state index in [1.165, 1.54) is 11.1 Å². The number of rotatable bonds is 2. The minimum atomic E-state index is 0.201. The van der Waals surface area contributed by atoms with E-state index in [-0.39, 0.29) is 6.04 Å². The summed E-state index contributed by atoms with van der Waals surface area (Å²) in [5.41, 5.74) is 9.28. The van der Waals surface area contributed by atoms with Gasteiger partial charge in [-0.15, -0.1) is 0 Å².